The van der Waals surface area contributed by atoms with Crippen molar-refractivity contribution in [3.8, 4) is 5.75 Å². The zero-order valence-corrected chi connectivity index (χ0v) is 11.9. The highest BCUT2D eigenvalue weighted by Gasteiger charge is 2.37. The van der Waals surface area contributed by atoms with E-state index in [-0.39, 0.29) is 10.8 Å². The van der Waals surface area contributed by atoms with Gasteiger partial charge in [0.2, 0.25) is 0 Å². The SMILES string of the molecule is C[C@@]1(O)CNC[C@H]1COc1ccc(S(C)(=O)=O)cc1. The van der Waals surface area contributed by atoms with Gasteiger partial charge in [-0.1, -0.05) is 0 Å². The number of sulfone groups is 1. The lowest BCUT2D eigenvalue weighted by atomic mass is 9.94. The smallest absolute Gasteiger partial charge is 0.175 e. The van der Waals surface area contributed by atoms with Gasteiger partial charge in [0.1, 0.15) is 5.75 Å². The average Bonchev–Trinajstić information content (AvgIpc) is 2.65. The molecule has 1 aromatic carbocycles. The molecule has 6 heteroatoms. The van der Waals surface area contributed by atoms with Crippen molar-refractivity contribution in [2.24, 2.45) is 5.92 Å². The zero-order chi connectivity index (χ0) is 14.1. The van der Waals surface area contributed by atoms with Crippen LogP contribution in [0, 0.1) is 5.92 Å². The average molecular weight is 285 g/mol. The van der Waals surface area contributed by atoms with Gasteiger partial charge < -0.3 is 15.2 Å². The van der Waals surface area contributed by atoms with Crippen molar-refractivity contribution < 1.29 is 18.3 Å². The zero-order valence-electron chi connectivity index (χ0n) is 11.1. The van der Waals surface area contributed by atoms with E-state index in [1.165, 1.54) is 18.4 Å². The maximum Gasteiger partial charge on any atom is 0.175 e. The Morgan fingerprint density at radius 2 is 2.05 bits per heavy atom. The molecule has 1 aliphatic heterocycles. The minimum Gasteiger partial charge on any atom is -0.493 e. The molecule has 0 aromatic heterocycles. The number of ether oxygens (including phenoxy) is 1. The lowest BCUT2D eigenvalue weighted by Crippen LogP contribution is -2.37. The fraction of sp³-hybridized carbons (Fsp3) is 0.538. The van der Waals surface area contributed by atoms with E-state index in [2.05, 4.69) is 5.32 Å². The monoisotopic (exact) mass is 285 g/mol. The topological polar surface area (TPSA) is 75.6 Å². The quantitative estimate of drug-likeness (QED) is 0.839. The number of aliphatic hydroxyl groups is 1. The molecule has 2 rings (SSSR count). The van der Waals surface area contributed by atoms with Crippen molar-refractivity contribution in [3.05, 3.63) is 24.3 Å². The largest absolute Gasteiger partial charge is 0.493 e. The van der Waals surface area contributed by atoms with Crippen molar-refractivity contribution in [1.29, 1.82) is 0 Å². The molecule has 1 saturated heterocycles. The summed E-state index contributed by atoms with van der Waals surface area (Å²) in [4.78, 5) is 0.273. The highest BCUT2D eigenvalue weighted by atomic mass is 32.2. The van der Waals surface area contributed by atoms with Crippen LogP contribution in [0.4, 0.5) is 0 Å². The van der Waals surface area contributed by atoms with E-state index in [0.29, 0.717) is 25.4 Å². The molecule has 2 atom stereocenters. The minimum atomic E-state index is -3.17. The first-order valence-corrected chi connectivity index (χ1v) is 8.04. The van der Waals surface area contributed by atoms with Gasteiger partial charge in [0, 0.05) is 25.3 Å². The third-order valence-electron chi connectivity index (χ3n) is 3.46. The molecule has 0 amide bonds. The number of hydrogen-bond donors (Lipinski definition) is 2. The Bertz CT molecular complexity index is 536. The summed E-state index contributed by atoms with van der Waals surface area (Å²) in [5.74, 6) is 0.636. The van der Waals surface area contributed by atoms with Crippen molar-refractivity contribution >= 4 is 9.84 Å². The Morgan fingerprint density at radius 1 is 1.42 bits per heavy atom. The molecule has 5 nitrogen and oxygen atoms in total. The van der Waals surface area contributed by atoms with Crippen molar-refractivity contribution in [1.82, 2.24) is 5.32 Å². The van der Waals surface area contributed by atoms with E-state index in [1.807, 2.05) is 0 Å². The van der Waals surface area contributed by atoms with Gasteiger partial charge in [0.15, 0.2) is 9.84 Å². The Hall–Kier alpha value is -1.11. The summed E-state index contributed by atoms with van der Waals surface area (Å²) >= 11 is 0. The Balaban J connectivity index is 1.97. The molecule has 19 heavy (non-hydrogen) atoms. The third kappa shape index (κ3) is 3.46. The van der Waals surface area contributed by atoms with E-state index < -0.39 is 15.4 Å². The van der Waals surface area contributed by atoms with E-state index in [9.17, 15) is 13.5 Å². The van der Waals surface area contributed by atoms with E-state index in [1.54, 1.807) is 19.1 Å². The molecule has 0 aliphatic carbocycles. The van der Waals surface area contributed by atoms with Crippen LogP contribution >= 0.6 is 0 Å². The van der Waals surface area contributed by atoms with E-state index in [0.717, 1.165) is 0 Å². The summed E-state index contributed by atoms with van der Waals surface area (Å²) in [6, 6.07) is 6.31. The molecule has 0 saturated carbocycles. The standard InChI is InChI=1S/C13H19NO4S/c1-13(15)9-14-7-10(13)8-18-11-3-5-12(6-4-11)19(2,16)17/h3-6,10,14-15H,7-9H2,1-2H3/t10-,13+/m0/s1. The number of benzene rings is 1. The van der Waals surface area contributed by atoms with Crippen LogP contribution in [0.5, 0.6) is 5.75 Å². The molecule has 1 fully saturated rings. The van der Waals surface area contributed by atoms with Gasteiger partial charge in [-0.05, 0) is 31.2 Å². The molecule has 0 radical (unpaired) electrons. The fourth-order valence-corrected chi connectivity index (χ4v) is 2.71. The van der Waals surface area contributed by atoms with Crippen LogP contribution in [0.3, 0.4) is 0 Å². The molecule has 0 spiro atoms. The molecule has 106 valence electrons. The van der Waals surface area contributed by atoms with Crippen LogP contribution in [0.2, 0.25) is 0 Å². The summed E-state index contributed by atoms with van der Waals surface area (Å²) in [5.41, 5.74) is -0.757. The number of nitrogens with one attached hydrogen (secondary N) is 1. The van der Waals surface area contributed by atoms with Crippen molar-refractivity contribution in [2.45, 2.75) is 17.4 Å². The molecule has 0 unspecified atom stereocenters. The second-order valence-electron chi connectivity index (χ2n) is 5.24. The normalized spacial score (nSPS) is 27.4. The van der Waals surface area contributed by atoms with Gasteiger partial charge >= 0.3 is 0 Å². The summed E-state index contributed by atoms with van der Waals surface area (Å²) in [6.07, 6.45) is 1.17. The maximum absolute atomic E-state index is 11.3. The first-order chi connectivity index (χ1) is 8.79. The summed E-state index contributed by atoms with van der Waals surface area (Å²) in [6.45, 7) is 3.47. The maximum atomic E-state index is 11.3. The Kier molecular flexibility index (Phi) is 3.85. The number of β-amino-alcohol motifs (C(OH)–C–C–N with tert-alkyl or cyclic N) is 1. The molecule has 1 aliphatic rings. The predicted molar refractivity (Wildman–Crippen MR) is 72.0 cm³/mol. The molecule has 2 N–H and O–H groups in total. The fourth-order valence-electron chi connectivity index (χ4n) is 2.08. The molecule has 0 bridgehead atoms. The second kappa shape index (κ2) is 5.11. The Morgan fingerprint density at radius 3 is 2.53 bits per heavy atom. The van der Waals surface area contributed by atoms with Crippen LogP contribution in [-0.4, -0.2) is 45.1 Å². The van der Waals surface area contributed by atoms with Crippen molar-refractivity contribution in [3.63, 3.8) is 0 Å². The highest BCUT2D eigenvalue weighted by Crippen LogP contribution is 2.23. The van der Waals surface area contributed by atoms with Crippen LogP contribution in [0.15, 0.2) is 29.2 Å². The van der Waals surface area contributed by atoms with Crippen LogP contribution in [0.1, 0.15) is 6.92 Å². The van der Waals surface area contributed by atoms with Crippen LogP contribution < -0.4 is 10.1 Å². The van der Waals surface area contributed by atoms with Gasteiger partial charge in [-0.15, -0.1) is 0 Å². The van der Waals surface area contributed by atoms with E-state index in [4.69, 9.17) is 4.74 Å². The van der Waals surface area contributed by atoms with Gasteiger partial charge in [0.25, 0.3) is 0 Å². The summed E-state index contributed by atoms with van der Waals surface area (Å²) in [5, 5.41) is 13.2. The highest BCUT2D eigenvalue weighted by molar-refractivity contribution is 7.90. The first-order valence-electron chi connectivity index (χ1n) is 6.15. The predicted octanol–water partition coefficient (Wildman–Crippen LogP) is 0.439. The summed E-state index contributed by atoms with van der Waals surface area (Å²) in [7, 11) is -3.17. The van der Waals surface area contributed by atoms with Crippen LogP contribution in [-0.2, 0) is 9.84 Å². The van der Waals surface area contributed by atoms with Crippen molar-refractivity contribution in [2.75, 3.05) is 26.0 Å². The lowest BCUT2D eigenvalue weighted by molar-refractivity contribution is 0.0168. The van der Waals surface area contributed by atoms with Gasteiger partial charge in [-0.3, -0.25) is 0 Å². The Labute approximate surface area is 113 Å². The molecule has 1 heterocycles. The second-order valence-corrected chi connectivity index (χ2v) is 7.26. The van der Waals surface area contributed by atoms with Gasteiger partial charge in [-0.2, -0.15) is 0 Å². The van der Waals surface area contributed by atoms with Gasteiger partial charge in [-0.25, -0.2) is 8.42 Å². The number of rotatable bonds is 4. The first kappa shape index (κ1) is 14.3. The lowest BCUT2D eigenvalue weighted by Gasteiger charge is -2.24. The minimum absolute atomic E-state index is 0.0297. The van der Waals surface area contributed by atoms with E-state index >= 15 is 0 Å². The number of hydrogen-bond acceptors (Lipinski definition) is 5. The summed E-state index contributed by atoms with van der Waals surface area (Å²) < 4.78 is 28.2. The van der Waals surface area contributed by atoms with Crippen LogP contribution in [0.25, 0.3) is 0 Å². The molecule has 1 aromatic rings. The molecular formula is C13H19NO4S. The van der Waals surface area contributed by atoms with Gasteiger partial charge in [0.05, 0.1) is 17.1 Å². The third-order valence-corrected chi connectivity index (χ3v) is 4.58. The molecular weight excluding hydrogens is 266 g/mol.